The number of carbonyl (C=O) groups excluding carboxylic acids is 1. The van der Waals surface area contributed by atoms with E-state index in [9.17, 15) is 4.79 Å². The fraction of sp³-hybridized carbons (Fsp3) is 0.364. The molecule has 0 radical (unpaired) electrons. The first-order valence-corrected chi connectivity index (χ1v) is 4.84. The maximum absolute atomic E-state index is 11.0. The zero-order valence-corrected chi connectivity index (χ0v) is 8.21. The number of anilines is 2. The number of carbonyl (C=O) groups is 1. The standard InChI is InChI=1S/C11H14N2O/c1-7(14)13-11-6-9(12)4-5-10(11)8-2-3-8/h4-6,8H,2-3,12H2,1H3,(H,13,14). The number of hydrogen-bond acceptors (Lipinski definition) is 2. The third kappa shape index (κ3) is 1.87. The molecule has 1 aliphatic rings. The second-order valence-electron chi connectivity index (χ2n) is 3.80. The molecule has 2 rings (SSSR count). The predicted octanol–water partition coefficient (Wildman–Crippen LogP) is 2.10. The maximum atomic E-state index is 11.0. The fourth-order valence-electron chi connectivity index (χ4n) is 1.62. The van der Waals surface area contributed by atoms with Crippen molar-refractivity contribution in [3.8, 4) is 0 Å². The van der Waals surface area contributed by atoms with Crippen LogP contribution in [0.15, 0.2) is 18.2 Å². The Hall–Kier alpha value is -1.51. The van der Waals surface area contributed by atoms with Gasteiger partial charge in [-0.2, -0.15) is 0 Å². The van der Waals surface area contributed by atoms with E-state index in [0.29, 0.717) is 11.6 Å². The van der Waals surface area contributed by atoms with Crippen molar-refractivity contribution >= 4 is 17.3 Å². The highest BCUT2D eigenvalue weighted by Crippen LogP contribution is 2.43. The van der Waals surface area contributed by atoms with Crippen molar-refractivity contribution in [1.29, 1.82) is 0 Å². The second-order valence-corrected chi connectivity index (χ2v) is 3.80. The quantitative estimate of drug-likeness (QED) is 0.702. The van der Waals surface area contributed by atoms with Gasteiger partial charge in [-0.1, -0.05) is 6.07 Å². The van der Waals surface area contributed by atoms with Crippen LogP contribution >= 0.6 is 0 Å². The molecule has 0 spiro atoms. The van der Waals surface area contributed by atoms with Gasteiger partial charge in [0.15, 0.2) is 0 Å². The van der Waals surface area contributed by atoms with Crippen molar-refractivity contribution in [3.63, 3.8) is 0 Å². The molecule has 14 heavy (non-hydrogen) atoms. The van der Waals surface area contributed by atoms with Crippen LogP contribution < -0.4 is 11.1 Å². The van der Waals surface area contributed by atoms with E-state index in [4.69, 9.17) is 5.73 Å². The predicted molar refractivity (Wildman–Crippen MR) is 57.1 cm³/mol. The number of nitrogens with two attached hydrogens (primary N) is 1. The van der Waals surface area contributed by atoms with E-state index in [1.54, 1.807) is 0 Å². The molecular weight excluding hydrogens is 176 g/mol. The Bertz CT molecular complexity index is 370. The Balaban J connectivity index is 2.32. The third-order valence-electron chi connectivity index (χ3n) is 2.41. The Morgan fingerprint density at radius 3 is 2.79 bits per heavy atom. The van der Waals surface area contributed by atoms with E-state index < -0.39 is 0 Å². The highest BCUT2D eigenvalue weighted by molar-refractivity contribution is 5.90. The lowest BCUT2D eigenvalue weighted by Crippen LogP contribution is -2.08. The molecule has 0 aliphatic heterocycles. The fourth-order valence-corrected chi connectivity index (χ4v) is 1.62. The van der Waals surface area contributed by atoms with E-state index in [2.05, 4.69) is 5.32 Å². The van der Waals surface area contributed by atoms with Crippen LogP contribution in [0, 0.1) is 0 Å². The molecule has 1 saturated carbocycles. The van der Waals surface area contributed by atoms with E-state index in [-0.39, 0.29) is 5.91 Å². The minimum Gasteiger partial charge on any atom is -0.399 e. The topological polar surface area (TPSA) is 55.1 Å². The van der Waals surface area contributed by atoms with Gasteiger partial charge in [0, 0.05) is 18.3 Å². The minimum atomic E-state index is -0.0440. The molecule has 0 heterocycles. The molecule has 0 atom stereocenters. The van der Waals surface area contributed by atoms with Crippen LogP contribution in [0.5, 0.6) is 0 Å². The first-order valence-electron chi connectivity index (χ1n) is 4.84. The molecule has 1 aliphatic carbocycles. The molecule has 3 nitrogen and oxygen atoms in total. The summed E-state index contributed by atoms with van der Waals surface area (Å²) in [6.45, 7) is 1.51. The van der Waals surface area contributed by atoms with E-state index in [1.807, 2.05) is 18.2 Å². The minimum absolute atomic E-state index is 0.0440. The lowest BCUT2D eigenvalue weighted by atomic mass is 10.1. The molecule has 0 saturated heterocycles. The Morgan fingerprint density at radius 1 is 1.50 bits per heavy atom. The monoisotopic (exact) mass is 190 g/mol. The average molecular weight is 190 g/mol. The van der Waals surface area contributed by atoms with Gasteiger partial charge in [0.2, 0.25) is 5.91 Å². The van der Waals surface area contributed by atoms with Crippen molar-refractivity contribution in [2.24, 2.45) is 0 Å². The molecule has 0 aromatic heterocycles. The van der Waals surface area contributed by atoms with Crippen molar-refractivity contribution < 1.29 is 4.79 Å². The first-order chi connectivity index (χ1) is 6.66. The van der Waals surface area contributed by atoms with Gasteiger partial charge in [-0.05, 0) is 36.5 Å². The summed E-state index contributed by atoms with van der Waals surface area (Å²) in [5.74, 6) is 0.579. The molecule has 1 aromatic carbocycles. The van der Waals surface area contributed by atoms with Gasteiger partial charge in [0.05, 0.1) is 0 Å². The van der Waals surface area contributed by atoms with Gasteiger partial charge in [0.25, 0.3) is 0 Å². The van der Waals surface area contributed by atoms with Gasteiger partial charge in [-0.15, -0.1) is 0 Å². The Labute approximate surface area is 83.3 Å². The smallest absolute Gasteiger partial charge is 0.221 e. The normalized spacial score (nSPS) is 15.2. The number of amides is 1. The summed E-state index contributed by atoms with van der Waals surface area (Å²) < 4.78 is 0. The third-order valence-corrected chi connectivity index (χ3v) is 2.41. The van der Waals surface area contributed by atoms with Gasteiger partial charge in [-0.3, -0.25) is 4.79 Å². The number of hydrogen-bond donors (Lipinski definition) is 2. The van der Waals surface area contributed by atoms with Gasteiger partial charge in [0.1, 0.15) is 0 Å². The molecule has 0 bridgehead atoms. The van der Waals surface area contributed by atoms with Crippen LogP contribution in [0.4, 0.5) is 11.4 Å². The molecule has 0 unspecified atom stereocenters. The van der Waals surface area contributed by atoms with Gasteiger partial charge in [-0.25, -0.2) is 0 Å². The number of nitrogens with one attached hydrogen (secondary N) is 1. The van der Waals surface area contributed by atoms with Crippen LogP contribution in [-0.4, -0.2) is 5.91 Å². The van der Waals surface area contributed by atoms with Crippen molar-refractivity contribution in [2.75, 3.05) is 11.1 Å². The molecular formula is C11H14N2O. The molecule has 1 amide bonds. The van der Waals surface area contributed by atoms with E-state index in [1.165, 1.54) is 25.3 Å². The first kappa shape index (κ1) is 9.06. The molecule has 3 heteroatoms. The molecule has 74 valence electrons. The Morgan fingerprint density at radius 2 is 2.21 bits per heavy atom. The Kier molecular flexibility index (Phi) is 2.15. The molecule has 1 fully saturated rings. The lowest BCUT2D eigenvalue weighted by molar-refractivity contribution is -0.114. The van der Waals surface area contributed by atoms with E-state index in [0.717, 1.165) is 5.69 Å². The summed E-state index contributed by atoms with van der Waals surface area (Å²) in [7, 11) is 0. The van der Waals surface area contributed by atoms with Crippen LogP contribution in [0.25, 0.3) is 0 Å². The maximum Gasteiger partial charge on any atom is 0.221 e. The van der Waals surface area contributed by atoms with Gasteiger partial charge >= 0.3 is 0 Å². The molecule has 1 aromatic rings. The van der Waals surface area contributed by atoms with Crippen molar-refractivity contribution in [2.45, 2.75) is 25.7 Å². The summed E-state index contributed by atoms with van der Waals surface area (Å²) in [5.41, 5.74) is 8.46. The SMILES string of the molecule is CC(=O)Nc1cc(N)ccc1C1CC1. The zero-order valence-electron chi connectivity index (χ0n) is 8.21. The largest absolute Gasteiger partial charge is 0.399 e. The van der Waals surface area contributed by atoms with Gasteiger partial charge < -0.3 is 11.1 Å². The summed E-state index contributed by atoms with van der Waals surface area (Å²) in [4.78, 5) is 11.0. The van der Waals surface area contributed by atoms with Crippen molar-refractivity contribution in [3.05, 3.63) is 23.8 Å². The summed E-state index contributed by atoms with van der Waals surface area (Å²) >= 11 is 0. The second kappa shape index (κ2) is 3.33. The van der Waals surface area contributed by atoms with Crippen LogP contribution in [0.3, 0.4) is 0 Å². The highest BCUT2D eigenvalue weighted by Gasteiger charge is 2.26. The lowest BCUT2D eigenvalue weighted by Gasteiger charge is -2.09. The number of benzene rings is 1. The zero-order chi connectivity index (χ0) is 10.1. The highest BCUT2D eigenvalue weighted by atomic mass is 16.1. The van der Waals surface area contributed by atoms with Crippen molar-refractivity contribution in [1.82, 2.24) is 0 Å². The number of nitrogen functional groups attached to an aromatic ring is 1. The summed E-state index contributed by atoms with van der Waals surface area (Å²) in [6.07, 6.45) is 2.44. The number of rotatable bonds is 2. The van der Waals surface area contributed by atoms with E-state index >= 15 is 0 Å². The van der Waals surface area contributed by atoms with Crippen LogP contribution in [0.2, 0.25) is 0 Å². The molecule has 3 N–H and O–H groups in total. The van der Waals surface area contributed by atoms with Crippen LogP contribution in [0.1, 0.15) is 31.2 Å². The van der Waals surface area contributed by atoms with Crippen LogP contribution in [-0.2, 0) is 4.79 Å². The average Bonchev–Trinajstić information content (AvgIpc) is 2.86. The summed E-state index contributed by atoms with van der Waals surface area (Å²) in [6, 6.07) is 5.73. The summed E-state index contributed by atoms with van der Waals surface area (Å²) in [5, 5.41) is 2.82.